The molecule has 1 unspecified atom stereocenters. The van der Waals surface area contributed by atoms with E-state index in [1.165, 1.54) is 0 Å². The molecule has 0 radical (unpaired) electrons. The molecule has 0 aliphatic carbocycles. The van der Waals surface area contributed by atoms with E-state index in [2.05, 4.69) is 5.16 Å². The van der Waals surface area contributed by atoms with E-state index in [-0.39, 0.29) is 5.92 Å². The van der Waals surface area contributed by atoms with Crippen molar-refractivity contribution in [1.29, 1.82) is 0 Å². The van der Waals surface area contributed by atoms with Crippen molar-refractivity contribution in [2.75, 3.05) is 26.1 Å². The number of aromatic nitrogens is 1. The lowest BCUT2D eigenvalue weighted by molar-refractivity contribution is 0.0723. The maximum atomic E-state index is 5.99. The van der Waals surface area contributed by atoms with Crippen LogP contribution >= 0.6 is 0 Å². The molecule has 0 bridgehead atoms. The third-order valence-corrected chi connectivity index (χ3v) is 3.63. The highest BCUT2D eigenvalue weighted by atomic mass is 16.5. The van der Waals surface area contributed by atoms with Crippen LogP contribution in [0.2, 0.25) is 0 Å². The number of anilines is 1. The van der Waals surface area contributed by atoms with Crippen LogP contribution in [0.3, 0.4) is 0 Å². The first kappa shape index (κ1) is 13.0. The average Bonchev–Trinajstić information content (AvgIpc) is 2.90. The van der Waals surface area contributed by atoms with Crippen LogP contribution in [-0.4, -0.2) is 25.5 Å². The first-order valence-corrected chi connectivity index (χ1v) is 6.77. The number of nitrogens with two attached hydrogens (primary N) is 1. The SMILES string of the molecule is COc1cccc(-c2c(N)noc2C2CCCOC2)c1. The molecule has 106 valence electrons. The van der Waals surface area contributed by atoms with E-state index in [4.69, 9.17) is 19.7 Å². The fraction of sp³-hybridized carbons (Fsp3) is 0.400. The van der Waals surface area contributed by atoms with Crippen molar-refractivity contribution in [1.82, 2.24) is 5.16 Å². The highest BCUT2D eigenvalue weighted by Crippen LogP contribution is 2.38. The van der Waals surface area contributed by atoms with Crippen LogP contribution in [0.5, 0.6) is 5.75 Å². The molecular weight excluding hydrogens is 256 g/mol. The van der Waals surface area contributed by atoms with Crippen molar-refractivity contribution in [3.63, 3.8) is 0 Å². The van der Waals surface area contributed by atoms with Gasteiger partial charge in [-0.3, -0.25) is 0 Å². The van der Waals surface area contributed by atoms with Crippen molar-refractivity contribution < 1.29 is 14.0 Å². The van der Waals surface area contributed by atoms with Gasteiger partial charge in [0, 0.05) is 12.5 Å². The Morgan fingerprint density at radius 2 is 2.30 bits per heavy atom. The lowest BCUT2D eigenvalue weighted by atomic mass is 9.93. The van der Waals surface area contributed by atoms with Crippen LogP contribution in [0, 0.1) is 0 Å². The van der Waals surface area contributed by atoms with Crippen molar-refractivity contribution >= 4 is 5.82 Å². The van der Waals surface area contributed by atoms with Gasteiger partial charge >= 0.3 is 0 Å². The van der Waals surface area contributed by atoms with E-state index in [9.17, 15) is 0 Å². The standard InChI is InChI=1S/C15H18N2O3/c1-18-12-6-2-4-10(8-12)13-14(20-17-15(13)16)11-5-3-7-19-9-11/h2,4,6,8,11H,3,5,7,9H2,1H3,(H2,16,17). The minimum absolute atomic E-state index is 0.217. The highest BCUT2D eigenvalue weighted by molar-refractivity contribution is 5.76. The molecule has 1 saturated heterocycles. The van der Waals surface area contributed by atoms with Gasteiger partial charge < -0.3 is 19.7 Å². The molecule has 0 amide bonds. The predicted molar refractivity (Wildman–Crippen MR) is 75.7 cm³/mol. The van der Waals surface area contributed by atoms with E-state index in [1.54, 1.807) is 7.11 Å². The van der Waals surface area contributed by atoms with Gasteiger partial charge in [0.2, 0.25) is 0 Å². The van der Waals surface area contributed by atoms with Gasteiger partial charge in [-0.15, -0.1) is 0 Å². The first-order chi connectivity index (χ1) is 9.79. The molecule has 5 heteroatoms. The molecule has 0 saturated carbocycles. The summed E-state index contributed by atoms with van der Waals surface area (Å²) >= 11 is 0. The van der Waals surface area contributed by atoms with E-state index < -0.39 is 0 Å². The summed E-state index contributed by atoms with van der Waals surface area (Å²) in [7, 11) is 1.64. The van der Waals surface area contributed by atoms with Crippen molar-refractivity contribution in [2.45, 2.75) is 18.8 Å². The topological polar surface area (TPSA) is 70.5 Å². The van der Waals surface area contributed by atoms with E-state index in [1.807, 2.05) is 24.3 Å². The fourth-order valence-electron chi connectivity index (χ4n) is 2.61. The summed E-state index contributed by atoms with van der Waals surface area (Å²) in [5.41, 5.74) is 7.81. The normalized spacial score (nSPS) is 18.9. The summed E-state index contributed by atoms with van der Waals surface area (Å²) in [6.45, 7) is 1.47. The molecule has 2 N–H and O–H groups in total. The zero-order chi connectivity index (χ0) is 13.9. The minimum atomic E-state index is 0.217. The lowest BCUT2D eigenvalue weighted by Gasteiger charge is -2.20. The summed E-state index contributed by atoms with van der Waals surface area (Å²) in [5, 5.41) is 3.93. The maximum Gasteiger partial charge on any atom is 0.175 e. The maximum absolute atomic E-state index is 5.99. The van der Waals surface area contributed by atoms with Crippen molar-refractivity contribution in [3.05, 3.63) is 30.0 Å². The number of benzene rings is 1. The molecule has 20 heavy (non-hydrogen) atoms. The molecule has 0 spiro atoms. The van der Waals surface area contributed by atoms with Crippen molar-refractivity contribution in [3.8, 4) is 16.9 Å². The van der Waals surface area contributed by atoms with Gasteiger partial charge in [-0.25, -0.2) is 0 Å². The van der Waals surface area contributed by atoms with Gasteiger partial charge in [0.1, 0.15) is 5.75 Å². The number of rotatable bonds is 3. The average molecular weight is 274 g/mol. The Labute approximate surface area is 117 Å². The Kier molecular flexibility index (Phi) is 3.60. The Bertz CT molecular complexity index is 589. The smallest absolute Gasteiger partial charge is 0.175 e. The zero-order valence-corrected chi connectivity index (χ0v) is 11.5. The fourth-order valence-corrected chi connectivity index (χ4v) is 2.61. The van der Waals surface area contributed by atoms with Gasteiger partial charge in [-0.1, -0.05) is 17.3 Å². The number of nitrogen functional groups attached to an aromatic ring is 1. The van der Waals surface area contributed by atoms with Crippen LogP contribution < -0.4 is 10.5 Å². The lowest BCUT2D eigenvalue weighted by Crippen LogP contribution is -2.15. The van der Waals surface area contributed by atoms with Crippen LogP contribution in [0.1, 0.15) is 24.5 Å². The van der Waals surface area contributed by atoms with Crippen LogP contribution in [0.25, 0.3) is 11.1 Å². The summed E-state index contributed by atoms with van der Waals surface area (Å²) < 4.78 is 16.3. The second-order valence-electron chi connectivity index (χ2n) is 4.95. The molecule has 1 aliphatic heterocycles. The van der Waals surface area contributed by atoms with Gasteiger partial charge in [0.15, 0.2) is 11.6 Å². The Balaban J connectivity index is 2.01. The second kappa shape index (κ2) is 5.54. The molecule has 1 atom stereocenters. The van der Waals surface area contributed by atoms with Crippen molar-refractivity contribution in [2.24, 2.45) is 0 Å². The Morgan fingerprint density at radius 1 is 1.40 bits per heavy atom. The first-order valence-electron chi connectivity index (χ1n) is 6.77. The number of nitrogens with zero attached hydrogens (tertiary/aromatic N) is 1. The largest absolute Gasteiger partial charge is 0.497 e. The third-order valence-electron chi connectivity index (χ3n) is 3.63. The molecule has 1 aromatic carbocycles. The zero-order valence-electron chi connectivity index (χ0n) is 11.5. The van der Waals surface area contributed by atoms with Gasteiger partial charge in [-0.05, 0) is 30.5 Å². The van der Waals surface area contributed by atoms with E-state index in [0.717, 1.165) is 42.1 Å². The van der Waals surface area contributed by atoms with Gasteiger partial charge in [-0.2, -0.15) is 0 Å². The van der Waals surface area contributed by atoms with Gasteiger partial charge in [0.05, 0.1) is 19.3 Å². The number of ether oxygens (including phenoxy) is 2. The molecule has 1 aromatic heterocycles. The van der Waals surface area contributed by atoms with E-state index >= 15 is 0 Å². The minimum Gasteiger partial charge on any atom is -0.497 e. The quantitative estimate of drug-likeness (QED) is 0.931. The number of hydrogen-bond acceptors (Lipinski definition) is 5. The van der Waals surface area contributed by atoms with Crippen LogP contribution in [0.15, 0.2) is 28.8 Å². The van der Waals surface area contributed by atoms with E-state index in [0.29, 0.717) is 12.4 Å². The van der Waals surface area contributed by atoms with Crippen LogP contribution in [-0.2, 0) is 4.74 Å². The molecule has 2 heterocycles. The Hall–Kier alpha value is -2.01. The van der Waals surface area contributed by atoms with Gasteiger partial charge in [0.25, 0.3) is 0 Å². The molecule has 1 aliphatic rings. The summed E-state index contributed by atoms with van der Waals surface area (Å²) in [4.78, 5) is 0. The number of methoxy groups -OCH3 is 1. The molecule has 3 rings (SSSR count). The molecule has 2 aromatic rings. The predicted octanol–water partition coefficient (Wildman–Crippen LogP) is 2.83. The van der Waals surface area contributed by atoms with Crippen LogP contribution in [0.4, 0.5) is 5.82 Å². The molecule has 1 fully saturated rings. The summed E-state index contributed by atoms with van der Waals surface area (Å²) in [5.74, 6) is 2.23. The Morgan fingerprint density at radius 3 is 3.05 bits per heavy atom. The molecular formula is C15H18N2O3. The number of hydrogen-bond donors (Lipinski definition) is 1. The molecule has 5 nitrogen and oxygen atoms in total. The summed E-state index contributed by atoms with van der Waals surface area (Å²) in [6.07, 6.45) is 2.06. The second-order valence-corrected chi connectivity index (χ2v) is 4.95. The summed E-state index contributed by atoms with van der Waals surface area (Å²) in [6, 6.07) is 7.76. The monoisotopic (exact) mass is 274 g/mol. The third kappa shape index (κ3) is 2.36. The highest BCUT2D eigenvalue weighted by Gasteiger charge is 2.26.